The Labute approximate surface area is 95.6 Å². The molecule has 1 aromatic heterocycles. The van der Waals surface area contributed by atoms with Crippen molar-refractivity contribution in [1.82, 2.24) is 5.32 Å². The zero-order valence-corrected chi connectivity index (χ0v) is 10.4. The third-order valence-corrected chi connectivity index (χ3v) is 4.10. The van der Waals surface area contributed by atoms with Gasteiger partial charge in [0.05, 0.1) is 18.2 Å². The maximum atomic E-state index is 5.92. The van der Waals surface area contributed by atoms with E-state index in [-0.39, 0.29) is 0 Å². The fraction of sp³-hybridized carbons (Fsp3) is 0.667. The van der Waals surface area contributed by atoms with Crippen molar-refractivity contribution in [1.29, 1.82) is 0 Å². The van der Waals surface area contributed by atoms with Gasteiger partial charge in [0.1, 0.15) is 0 Å². The van der Waals surface area contributed by atoms with E-state index in [2.05, 4.69) is 31.3 Å². The average Bonchev–Trinajstić information content (AvgIpc) is 2.78. The van der Waals surface area contributed by atoms with Gasteiger partial charge in [0.25, 0.3) is 0 Å². The summed E-state index contributed by atoms with van der Waals surface area (Å²) in [7, 11) is 2.02. The molecule has 1 N–H and O–H groups in total. The number of aryl methyl sites for hydroxylation is 1. The third-order valence-electron chi connectivity index (χ3n) is 3.02. The summed E-state index contributed by atoms with van der Waals surface area (Å²) in [5.74, 6) is 0. The largest absolute Gasteiger partial charge is 0.373 e. The van der Waals surface area contributed by atoms with Crippen LogP contribution in [0.15, 0.2) is 12.1 Å². The van der Waals surface area contributed by atoms with Crippen LogP contribution in [-0.2, 0) is 4.74 Å². The van der Waals surface area contributed by atoms with Gasteiger partial charge in [0.15, 0.2) is 0 Å². The fourth-order valence-electron chi connectivity index (χ4n) is 2.21. The Morgan fingerprint density at radius 2 is 2.27 bits per heavy atom. The second kappa shape index (κ2) is 4.64. The van der Waals surface area contributed by atoms with Crippen LogP contribution in [0.3, 0.4) is 0 Å². The van der Waals surface area contributed by atoms with Crippen molar-refractivity contribution in [2.75, 3.05) is 7.05 Å². The summed E-state index contributed by atoms with van der Waals surface area (Å²) < 4.78 is 5.92. The summed E-state index contributed by atoms with van der Waals surface area (Å²) >= 11 is 1.87. The van der Waals surface area contributed by atoms with Crippen molar-refractivity contribution in [2.24, 2.45) is 0 Å². The highest BCUT2D eigenvalue weighted by molar-refractivity contribution is 7.12. The number of nitrogens with one attached hydrogen (secondary N) is 1. The molecule has 1 fully saturated rings. The Balaban J connectivity index is 2.10. The van der Waals surface area contributed by atoms with Gasteiger partial charge >= 0.3 is 0 Å². The van der Waals surface area contributed by atoms with Crippen molar-refractivity contribution in [2.45, 2.75) is 44.9 Å². The molecule has 3 heteroatoms. The average molecular weight is 225 g/mol. The van der Waals surface area contributed by atoms with Gasteiger partial charge in [0, 0.05) is 9.75 Å². The number of rotatable bonds is 3. The molecule has 3 atom stereocenters. The topological polar surface area (TPSA) is 21.3 Å². The summed E-state index contributed by atoms with van der Waals surface area (Å²) in [4.78, 5) is 2.77. The second-order valence-electron chi connectivity index (χ2n) is 4.28. The normalized spacial score (nSPS) is 28.2. The van der Waals surface area contributed by atoms with E-state index < -0.39 is 0 Å². The lowest BCUT2D eigenvalue weighted by molar-refractivity contribution is 0.0341. The molecule has 84 valence electrons. The molecule has 2 nitrogen and oxygen atoms in total. The minimum atomic E-state index is 0.350. The van der Waals surface area contributed by atoms with Gasteiger partial charge in [-0.2, -0.15) is 0 Å². The van der Waals surface area contributed by atoms with Crippen LogP contribution in [0.1, 0.15) is 35.6 Å². The highest BCUT2D eigenvalue weighted by atomic mass is 32.1. The van der Waals surface area contributed by atoms with Crippen LogP contribution in [0.5, 0.6) is 0 Å². The Hall–Kier alpha value is -0.380. The molecule has 1 aliphatic rings. The molecule has 0 aliphatic carbocycles. The maximum Gasteiger partial charge on any atom is 0.0782 e. The van der Waals surface area contributed by atoms with Crippen LogP contribution in [-0.4, -0.2) is 19.3 Å². The summed E-state index contributed by atoms with van der Waals surface area (Å²) in [5.41, 5.74) is 0. The lowest BCUT2D eigenvalue weighted by Gasteiger charge is -2.21. The second-order valence-corrected chi connectivity index (χ2v) is 5.60. The molecule has 0 bridgehead atoms. The van der Waals surface area contributed by atoms with Gasteiger partial charge in [-0.1, -0.05) is 0 Å². The van der Waals surface area contributed by atoms with Crippen LogP contribution in [0.25, 0.3) is 0 Å². The molecule has 1 aliphatic heterocycles. The Kier molecular flexibility index (Phi) is 3.44. The zero-order chi connectivity index (χ0) is 10.8. The first-order valence-corrected chi connectivity index (χ1v) is 6.41. The molecule has 2 heterocycles. The predicted molar refractivity (Wildman–Crippen MR) is 64.4 cm³/mol. The molecule has 2 rings (SSSR count). The van der Waals surface area contributed by atoms with Crippen molar-refractivity contribution < 1.29 is 4.74 Å². The lowest BCUT2D eigenvalue weighted by Crippen LogP contribution is -2.28. The van der Waals surface area contributed by atoms with E-state index in [0.29, 0.717) is 18.2 Å². The van der Waals surface area contributed by atoms with E-state index in [0.717, 1.165) is 0 Å². The number of hydrogen-bond acceptors (Lipinski definition) is 3. The molecular weight excluding hydrogens is 206 g/mol. The number of ether oxygens (including phenoxy) is 1. The van der Waals surface area contributed by atoms with Crippen molar-refractivity contribution in [3.05, 3.63) is 21.9 Å². The summed E-state index contributed by atoms with van der Waals surface area (Å²) in [6.07, 6.45) is 3.13. The number of likely N-dealkylation sites (N-methyl/N-ethyl adjacent to an activating group) is 1. The quantitative estimate of drug-likeness (QED) is 0.854. The van der Waals surface area contributed by atoms with Gasteiger partial charge in [0.2, 0.25) is 0 Å². The van der Waals surface area contributed by atoms with E-state index in [1.807, 2.05) is 18.4 Å². The first-order chi connectivity index (χ1) is 7.20. The minimum absolute atomic E-state index is 0.350. The third kappa shape index (κ3) is 2.41. The smallest absolute Gasteiger partial charge is 0.0782 e. The first-order valence-electron chi connectivity index (χ1n) is 5.59. The van der Waals surface area contributed by atoms with Gasteiger partial charge in [-0.05, 0) is 45.9 Å². The summed E-state index contributed by atoms with van der Waals surface area (Å²) in [5, 5.41) is 3.38. The van der Waals surface area contributed by atoms with E-state index in [4.69, 9.17) is 4.74 Å². The monoisotopic (exact) mass is 225 g/mol. The highest BCUT2D eigenvalue weighted by Crippen LogP contribution is 2.32. The van der Waals surface area contributed by atoms with E-state index in [1.165, 1.54) is 22.6 Å². The number of hydrogen-bond donors (Lipinski definition) is 1. The van der Waals surface area contributed by atoms with Crippen LogP contribution in [0.2, 0.25) is 0 Å². The van der Waals surface area contributed by atoms with Gasteiger partial charge < -0.3 is 10.1 Å². The van der Waals surface area contributed by atoms with E-state index in [9.17, 15) is 0 Å². The maximum absolute atomic E-state index is 5.92. The highest BCUT2D eigenvalue weighted by Gasteiger charge is 2.30. The van der Waals surface area contributed by atoms with Crippen molar-refractivity contribution in [3.63, 3.8) is 0 Å². The predicted octanol–water partition coefficient (Wildman–Crippen LogP) is 2.88. The molecular formula is C12H19NOS. The van der Waals surface area contributed by atoms with Crippen molar-refractivity contribution >= 4 is 11.3 Å². The molecule has 3 unspecified atom stereocenters. The molecule has 0 saturated carbocycles. The Morgan fingerprint density at radius 1 is 1.47 bits per heavy atom. The van der Waals surface area contributed by atoms with Gasteiger partial charge in [-0.15, -0.1) is 11.3 Å². The molecule has 0 spiro atoms. The van der Waals surface area contributed by atoms with Gasteiger partial charge in [-0.3, -0.25) is 0 Å². The summed E-state index contributed by atoms with van der Waals surface area (Å²) in [6, 6.07) is 4.77. The molecule has 1 saturated heterocycles. The standard InChI is InChI=1S/C12H19NOS/c1-8-4-6-10(14-8)12(13-3)11-7-5-9(2)15-11/h5,7-8,10,12-13H,4,6H2,1-3H3. The Morgan fingerprint density at radius 3 is 2.73 bits per heavy atom. The molecule has 0 radical (unpaired) electrons. The SMILES string of the molecule is CNC(c1ccc(C)s1)C1CCC(C)O1. The van der Waals surface area contributed by atoms with Gasteiger partial charge in [-0.25, -0.2) is 0 Å². The lowest BCUT2D eigenvalue weighted by atomic mass is 10.1. The molecule has 1 aromatic rings. The molecule has 0 aromatic carbocycles. The van der Waals surface area contributed by atoms with Crippen LogP contribution in [0, 0.1) is 6.92 Å². The molecule has 0 amide bonds. The fourth-order valence-corrected chi connectivity index (χ4v) is 3.25. The first kappa shape index (κ1) is 11.1. The van der Waals surface area contributed by atoms with E-state index >= 15 is 0 Å². The Bertz CT molecular complexity index is 323. The minimum Gasteiger partial charge on any atom is -0.373 e. The van der Waals surface area contributed by atoms with Crippen LogP contribution in [0.4, 0.5) is 0 Å². The van der Waals surface area contributed by atoms with E-state index in [1.54, 1.807) is 0 Å². The van der Waals surface area contributed by atoms with Crippen LogP contribution < -0.4 is 5.32 Å². The number of thiophene rings is 1. The summed E-state index contributed by atoms with van der Waals surface area (Å²) in [6.45, 7) is 4.31. The zero-order valence-electron chi connectivity index (χ0n) is 9.62. The van der Waals surface area contributed by atoms with Crippen LogP contribution >= 0.6 is 11.3 Å². The van der Waals surface area contributed by atoms with Crippen molar-refractivity contribution in [3.8, 4) is 0 Å². The molecule has 15 heavy (non-hydrogen) atoms.